The predicted octanol–water partition coefficient (Wildman–Crippen LogP) is 2.18. The molecule has 0 saturated heterocycles. The molecular weight excluding hydrogens is 270 g/mol. The van der Waals surface area contributed by atoms with Crippen LogP contribution in [0.1, 0.15) is 0 Å². The van der Waals surface area contributed by atoms with Crippen LogP contribution in [0.3, 0.4) is 0 Å². The van der Waals surface area contributed by atoms with E-state index in [0.717, 1.165) is 0 Å². The van der Waals surface area contributed by atoms with Crippen molar-refractivity contribution in [2.45, 2.75) is 0 Å². The minimum Gasteiger partial charge on any atom is -0.366 e. The van der Waals surface area contributed by atoms with E-state index in [1.165, 1.54) is 12.1 Å². The highest BCUT2D eigenvalue weighted by Crippen LogP contribution is 2.26. The maximum atomic E-state index is 10.9. The first kappa shape index (κ1) is 14.3. The summed E-state index contributed by atoms with van der Waals surface area (Å²) in [5.41, 5.74) is 0.568. The van der Waals surface area contributed by atoms with Gasteiger partial charge in [0.15, 0.2) is 0 Å². The Hall–Kier alpha value is -3.14. The first-order chi connectivity index (χ1) is 10.2. The number of hydrogen-bond donors (Lipinski definition) is 2. The molecule has 0 unspecified atom stereocenters. The van der Waals surface area contributed by atoms with Crippen molar-refractivity contribution in [2.75, 3.05) is 23.7 Å². The third kappa shape index (κ3) is 3.25. The summed E-state index contributed by atoms with van der Waals surface area (Å²) in [5, 5.41) is 17.4. The Morgan fingerprint density at radius 1 is 1.43 bits per heavy atom. The molecule has 0 radical (unpaired) electrons. The smallest absolute Gasteiger partial charge is 0.270 e. The van der Waals surface area contributed by atoms with Crippen LogP contribution in [0.2, 0.25) is 0 Å². The third-order valence-electron chi connectivity index (χ3n) is 2.65. The Morgan fingerprint density at radius 2 is 2.24 bits per heavy atom. The summed E-state index contributed by atoms with van der Waals surface area (Å²) in [6.07, 6.45) is 6.86. The maximum Gasteiger partial charge on any atom is 0.270 e. The van der Waals surface area contributed by atoms with Gasteiger partial charge in [-0.25, -0.2) is 4.98 Å². The number of rotatable bonds is 6. The average molecular weight is 283 g/mol. The van der Waals surface area contributed by atoms with Crippen LogP contribution < -0.4 is 10.6 Å². The Balaban J connectivity index is 2.54. The molecule has 2 aromatic rings. The molecule has 0 amide bonds. The zero-order chi connectivity index (χ0) is 15.2. The van der Waals surface area contributed by atoms with Crippen LogP contribution >= 0.6 is 0 Å². The van der Waals surface area contributed by atoms with E-state index >= 15 is 0 Å². The second kappa shape index (κ2) is 6.34. The summed E-state index contributed by atoms with van der Waals surface area (Å²) in [5.74, 6) is 3.28. The normalized spacial score (nSPS) is 9.86. The molecule has 0 fully saturated rings. The van der Waals surface area contributed by atoms with Crippen LogP contribution in [-0.4, -0.2) is 28.0 Å². The predicted molar refractivity (Wildman–Crippen MR) is 82.2 cm³/mol. The van der Waals surface area contributed by atoms with Crippen LogP contribution in [0.15, 0.2) is 30.9 Å². The van der Waals surface area contributed by atoms with Gasteiger partial charge in [0.05, 0.1) is 17.0 Å². The number of hydrogen-bond acceptors (Lipinski definition) is 6. The zero-order valence-electron chi connectivity index (χ0n) is 11.2. The molecule has 0 atom stereocenters. The van der Waals surface area contributed by atoms with E-state index in [1.54, 1.807) is 12.1 Å². The van der Waals surface area contributed by atoms with E-state index < -0.39 is 4.92 Å². The van der Waals surface area contributed by atoms with Crippen molar-refractivity contribution >= 4 is 28.4 Å². The lowest BCUT2D eigenvalue weighted by Crippen LogP contribution is -2.08. The molecule has 2 N–H and O–H groups in total. The van der Waals surface area contributed by atoms with Gasteiger partial charge >= 0.3 is 0 Å². The molecule has 1 heterocycles. The van der Waals surface area contributed by atoms with Crippen LogP contribution in [0.4, 0.5) is 17.5 Å². The largest absolute Gasteiger partial charge is 0.366 e. The number of nitro benzene ring substituents is 1. The molecule has 1 aromatic heterocycles. The Kier molecular flexibility index (Phi) is 4.31. The second-order valence-electron chi connectivity index (χ2n) is 4.08. The molecule has 106 valence electrons. The number of fused-ring (bicyclic) bond motifs is 1. The van der Waals surface area contributed by atoms with Gasteiger partial charge in [-0.1, -0.05) is 12.0 Å². The molecule has 0 spiro atoms. The van der Waals surface area contributed by atoms with Crippen LogP contribution in [-0.2, 0) is 0 Å². The molecule has 1 aromatic carbocycles. The molecule has 0 saturated carbocycles. The van der Waals surface area contributed by atoms with Gasteiger partial charge in [-0.2, -0.15) is 4.98 Å². The molecule has 0 aliphatic rings. The molecule has 21 heavy (non-hydrogen) atoms. The van der Waals surface area contributed by atoms with Crippen molar-refractivity contribution in [3.8, 4) is 12.3 Å². The first-order valence-electron chi connectivity index (χ1n) is 6.14. The van der Waals surface area contributed by atoms with E-state index in [4.69, 9.17) is 6.42 Å². The summed E-state index contributed by atoms with van der Waals surface area (Å²) in [7, 11) is 0. The van der Waals surface area contributed by atoms with Crippen LogP contribution in [0, 0.1) is 22.5 Å². The average Bonchev–Trinajstić information content (AvgIpc) is 2.49. The van der Waals surface area contributed by atoms with Crippen molar-refractivity contribution in [2.24, 2.45) is 0 Å². The molecule has 7 heteroatoms. The quantitative estimate of drug-likeness (QED) is 0.365. The van der Waals surface area contributed by atoms with Gasteiger partial charge < -0.3 is 10.6 Å². The van der Waals surface area contributed by atoms with E-state index in [-0.39, 0.29) is 5.69 Å². The lowest BCUT2D eigenvalue weighted by atomic mass is 10.2. The number of nitrogens with zero attached hydrogens (tertiary/aromatic N) is 3. The van der Waals surface area contributed by atoms with E-state index in [2.05, 4.69) is 33.1 Å². The molecule has 0 aliphatic heterocycles. The monoisotopic (exact) mass is 283 g/mol. The molecular formula is C14H13N5O2. The molecule has 0 aliphatic carbocycles. The molecule has 7 nitrogen and oxygen atoms in total. The topological polar surface area (TPSA) is 93.0 Å². The minimum atomic E-state index is -0.457. The zero-order valence-corrected chi connectivity index (χ0v) is 11.2. The second-order valence-corrected chi connectivity index (χ2v) is 4.08. The highest BCUT2D eigenvalue weighted by Gasteiger charge is 2.12. The Morgan fingerprint density at radius 3 is 2.90 bits per heavy atom. The Bertz CT molecular complexity index is 736. The van der Waals surface area contributed by atoms with Gasteiger partial charge in [-0.15, -0.1) is 13.0 Å². The number of benzene rings is 1. The Labute approximate surface area is 121 Å². The minimum absolute atomic E-state index is 0.0166. The van der Waals surface area contributed by atoms with Crippen LogP contribution in [0.5, 0.6) is 0 Å². The van der Waals surface area contributed by atoms with Crippen molar-refractivity contribution in [1.29, 1.82) is 0 Å². The van der Waals surface area contributed by atoms with E-state index in [1.807, 2.05) is 0 Å². The number of non-ortho nitro benzene ring substituents is 1. The van der Waals surface area contributed by atoms with Gasteiger partial charge in [0, 0.05) is 24.1 Å². The maximum absolute atomic E-state index is 10.9. The summed E-state index contributed by atoms with van der Waals surface area (Å²) in [4.78, 5) is 19.0. The fraction of sp³-hybridized carbons (Fsp3) is 0.143. The number of aromatic nitrogens is 2. The highest BCUT2D eigenvalue weighted by molar-refractivity contribution is 5.91. The van der Waals surface area contributed by atoms with Crippen LogP contribution in [0.25, 0.3) is 10.9 Å². The summed E-state index contributed by atoms with van der Waals surface area (Å²) >= 11 is 0. The standard InChI is InChI=1S/C14H13N5O2/c1-3-7-15-13-11-9-10(19(20)21)5-6-12(11)17-14(18-13)16-8-4-2/h2-3,5-6,9H,1,7-8H2,(H2,15,16,17,18). The lowest BCUT2D eigenvalue weighted by Gasteiger charge is -2.09. The lowest BCUT2D eigenvalue weighted by molar-refractivity contribution is -0.384. The van der Waals surface area contributed by atoms with Crippen molar-refractivity contribution in [3.05, 3.63) is 41.0 Å². The SMILES string of the molecule is C#CCNc1nc(NCC=C)c2cc([N+](=O)[O-])ccc2n1. The number of anilines is 2. The van der Waals surface area contributed by atoms with Gasteiger partial charge in [0.2, 0.25) is 5.95 Å². The van der Waals surface area contributed by atoms with E-state index in [0.29, 0.717) is 35.8 Å². The van der Waals surface area contributed by atoms with Crippen molar-refractivity contribution in [1.82, 2.24) is 9.97 Å². The number of nitro groups is 1. The van der Waals surface area contributed by atoms with Gasteiger partial charge in [-0.3, -0.25) is 10.1 Å². The molecule has 2 rings (SSSR count). The summed E-state index contributed by atoms with van der Waals surface area (Å²) in [6, 6.07) is 4.42. The summed E-state index contributed by atoms with van der Waals surface area (Å²) < 4.78 is 0. The highest BCUT2D eigenvalue weighted by atomic mass is 16.6. The van der Waals surface area contributed by atoms with Gasteiger partial charge in [0.25, 0.3) is 5.69 Å². The van der Waals surface area contributed by atoms with E-state index in [9.17, 15) is 10.1 Å². The number of terminal acetylenes is 1. The fourth-order valence-electron chi connectivity index (χ4n) is 1.74. The van der Waals surface area contributed by atoms with Crippen molar-refractivity contribution in [3.63, 3.8) is 0 Å². The third-order valence-corrected chi connectivity index (χ3v) is 2.65. The summed E-state index contributed by atoms with van der Waals surface area (Å²) in [6.45, 7) is 4.38. The van der Waals surface area contributed by atoms with Gasteiger partial charge in [0.1, 0.15) is 5.82 Å². The van der Waals surface area contributed by atoms with Gasteiger partial charge in [-0.05, 0) is 6.07 Å². The number of nitrogens with one attached hydrogen (secondary N) is 2. The molecule has 0 bridgehead atoms. The fourth-order valence-corrected chi connectivity index (χ4v) is 1.74. The first-order valence-corrected chi connectivity index (χ1v) is 6.14. The van der Waals surface area contributed by atoms with Crippen molar-refractivity contribution < 1.29 is 4.92 Å².